The Balaban J connectivity index is 2.02. The summed E-state index contributed by atoms with van der Waals surface area (Å²) in [5.41, 5.74) is 0.755. The van der Waals surface area contributed by atoms with Gasteiger partial charge in [0.25, 0.3) is 0 Å². The minimum absolute atomic E-state index is 0.0642. The Kier molecular flexibility index (Phi) is 4.02. The van der Waals surface area contributed by atoms with Crippen LogP contribution in [0.5, 0.6) is 0 Å². The molecule has 6 heteroatoms. The number of carbonyl (C=O) groups excluding carboxylic acids is 1. The van der Waals surface area contributed by atoms with Gasteiger partial charge in [0.15, 0.2) is 0 Å². The first-order valence-electron chi connectivity index (χ1n) is 5.75. The summed E-state index contributed by atoms with van der Waals surface area (Å²) in [6, 6.07) is 0. The SMILES string of the molecule is CCn1cc(C(Cl)C(=O)N2CCOCC2)cn1. The highest BCUT2D eigenvalue weighted by Gasteiger charge is 2.26. The largest absolute Gasteiger partial charge is 0.378 e. The van der Waals surface area contributed by atoms with Crippen molar-refractivity contribution in [1.29, 1.82) is 0 Å². The molecule has 2 heterocycles. The zero-order chi connectivity index (χ0) is 12.3. The van der Waals surface area contributed by atoms with Crippen molar-refractivity contribution in [3.63, 3.8) is 0 Å². The predicted octanol–water partition coefficient (Wildman–Crippen LogP) is 1.04. The van der Waals surface area contributed by atoms with E-state index < -0.39 is 5.38 Å². The zero-order valence-electron chi connectivity index (χ0n) is 9.80. The molecule has 94 valence electrons. The molecule has 0 radical (unpaired) electrons. The number of alkyl halides is 1. The fourth-order valence-corrected chi connectivity index (χ4v) is 2.02. The van der Waals surface area contributed by atoms with Gasteiger partial charge in [-0.25, -0.2) is 0 Å². The molecule has 0 N–H and O–H groups in total. The van der Waals surface area contributed by atoms with E-state index in [0.717, 1.165) is 12.1 Å². The van der Waals surface area contributed by atoms with E-state index in [0.29, 0.717) is 26.3 Å². The lowest BCUT2D eigenvalue weighted by Gasteiger charge is -2.28. The third kappa shape index (κ3) is 2.79. The van der Waals surface area contributed by atoms with Gasteiger partial charge in [-0.2, -0.15) is 5.10 Å². The molecule has 1 aromatic rings. The van der Waals surface area contributed by atoms with Crippen LogP contribution in [0, 0.1) is 0 Å². The van der Waals surface area contributed by atoms with Crippen LogP contribution < -0.4 is 0 Å². The van der Waals surface area contributed by atoms with Crippen molar-refractivity contribution in [2.75, 3.05) is 26.3 Å². The van der Waals surface area contributed by atoms with E-state index in [1.165, 1.54) is 0 Å². The van der Waals surface area contributed by atoms with Crippen LogP contribution in [-0.2, 0) is 16.1 Å². The summed E-state index contributed by atoms with van der Waals surface area (Å²) in [4.78, 5) is 13.8. The molecule has 0 spiro atoms. The normalized spacial score (nSPS) is 18.1. The Hall–Kier alpha value is -1.07. The number of carbonyl (C=O) groups is 1. The summed E-state index contributed by atoms with van der Waals surface area (Å²) in [6.07, 6.45) is 3.47. The maximum Gasteiger partial charge on any atom is 0.245 e. The second kappa shape index (κ2) is 5.51. The molecule has 17 heavy (non-hydrogen) atoms. The smallest absolute Gasteiger partial charge is 0.245 e. The van der Waals surface area contributed by atoms with Crippen molar-refractivity contribution in [2.45, 2.75) is 18.8 Å². The number of halogens is 1. The summed E-state index contributed by atoms with van der Waals surface area (Å²) in [7, 11) is 0. The fourth-order valence-electron chi connectivity index (χ4n) is 1.77. The van der Waals surface area contributed by atoms with Crippen LogP contribution in [-0.4, -0.2) is 46.9 Å². The van der Waals surface area contributed by atoms with E-state index in [9.17, 15) is 4.79 Å². The highest BCUT2D eigenvalue weighted by Crippen LogP contribution is 2.22. The Labute approximate surface area is 105 Å². The van der Waals surface area contributed by atoms with Crippen LogP contribution in [0.2, 0.25) is 0 Å². The van der Waals surface area contributed by atoms with Crippen LogP contribution in [0.3, 0.4) is 0 Å². The number of ether oxygens (including phenoxy) is 1. The predicted molar refractivity (Wildman–Crippen MR) is 63.9 cm³/mol. The average molecular weight is 258 g/mol. The van der Waals surface area contributed by atoms with Gasteiger partial charge in [0, 0.05) is 31.4 Å². The van der Waals surface area contributed by atoms with Gasteiger partial charge in [-0.05, 0) is 6.92 Å². The first-order chi connectivity index (χ1) is 8.22. The molecule has 1 aromatic heterocycles. The second-order valence-electron chi connectivity index (χ2n) is 3.93. The van der Waals surface area contributed by atoms with Crippen molar-refractivity contribution in [3.05, 3.63) is 18.0 Å². The molecule has 1 aliphatic rings. The Morgan fingerprint density at radius 3 is 2.88 bits per heavy atom. The van der Waals surface area contributed by atoms with Crippen molar-refractivity contribution < 1.29 is 9.53 Å². The van der Waals surface area contributed by atoms with E-state index in [2.05, 4.69) is 5.10 Å². The molecular weight excluding hydrogens is 242 g/mol. The van der Waals surface area contributed by atoms with Gasteiger partial charge in [0.2, 0.25) is 5.91 Å². The molecular formula is C11H16ClN3O2. The number of morpholine rings is 1. The molecule has 2 rings (SSSR count). The minimum Gasteiger partial charge on any atom is -0.378 e. The molecule has 1 fully saturated rings. The number of amides is 1. The van der Waals surface area contributed by atoms with Gasteiger partial charge in [0.05, 0.1) is 19.4 Å². The van der Waals surface area contributed by atoms with E-state index >= 15 is 0 Å². The van der Waals surface area contributed by atoms with Gasteiger partial charge in [0.1, 0.15) is 5.38 Å². The van der Waals surface area contributed by atoms with Crippen molar-refractivity contribution >= 4 is 17.5 Å². The van der Waals surface area contributed by atoms with Crippen LogP contribution in [0.15, 0.2) is 12.4 Å². The van der Waals surface area contributed by atoms with E-state index in [1.54, 1.807) is 15.8 Å². The van der Waals surface area contributed by atoms with Crippen LogP contribution in [0.25, 0.3) is 0 Å². The first-order valence-corrected chi connectivity index (χ1v) is 6.19. The lowest BCUT2D eigenvalue weighted by Crippen LogP contribution is -2.42. The highest BCUT2D eigenvalue weighted by atomic mass is 35.5. The molecule has 0 bridgehead atoms. The van der Waals surface area contributed by atoms with E-state index in [-0.39, 0.29) is 5.91 Å². The third-order valence-corrected chi connectivity index (χ3v) is 3.25. The molecule has 1 saturated heterocycles. The van der Waals surface area contributed by atoms with Gasteiger partial charge in [-0.3, -0.25) is 9.48 Å². The fraction of sp³-hybridized carbons (Fsp3) is 0.636. The number of aryl methyl sites for hydroxylation is 1. The molecule has 0 aliphatic carbocycles. The number of rotatable bonds is 3. The van der Waals surface area contributed by atoms with E-state index in [1.807, 2.05) is 13.1 Å². The molecule has 0 saturated carbocycles. The molecule has 1 unspecified atom stereocenters. The molecule has 1 amide bonds. The number of hydrogen-bond acceptors (Lipinski definition) is 3. The number of aromatic nitrogens is 2. The topological polar surface area (TPSA) is 47.4 Å². The van der Waals surface area contributed by atoms with Gasteiger partial charge in [-0.1, -0.05) is 0 Å². The van der Waals surface area contributed by atoms with Crippen LogP contribution in [0.4, 0.5) is 0 Å². The quantitative estimate of drug-likeness (QED) is 0.761. The lowest BCUT2D eigenvalue weighted by molar-refractivity contribution is -0.134. The zero-order valence-corrected chi connectivity index (χ0v) is 10.6. The molecule has 1 atom stereocenters. The summed E-state index contributed by atoms with van der Waals surface area (Å²) >= 11 is 6.17. The molecule has 0 aromatic carbocycles. The maximum absolute atomic E-state index is 12.1. The van der Waals surface area contributed by atoms with Crippen molar-refractivity contribution in [1.82, 2.24) is 14.7 Å². The third-order valence-electron chi connectivity index (χ3n) is 2.81. The van der Waals surface area contributed by atoms with Gasteiger partial charge < -0.3 is 9.64 Å². The number of hydrogen-bond donors (Lipinski definition) is 0. The number of nitrogens with zero attached hydrogens (tertiary/aromatic N) is 3. The van der Waals surface area contributed by atoms with Crippen LogP contribution in [0.1, 0.15) is 17.9 Å². The highest BCUT2D eigenvalue weighted by molar-refractivity contribution is 6.30. The first kappa shape index (κ1) is 12.4. The molecule has 1 aliphatic heterocycles. The standard InChI is InChI=1S/C11H16ClN3O2/c1-2-15-8-9(7-13-15)10(12)11(16)14-3-5-17-6-4-14/h7-8,10H,2-6H2,1H3. The Morgan fingerprint density at radius 1 is 1.59 bits per heavy atom. The summed E-state index contributed by atoms with van der Waals surface area (Å²) in [6.45, 7) is 5.17. The van der Waals surface area contributed by atoms with Gasteiger partial charge >= 0.3 is 0 Å². The average Bonchev–Trinajstić information content (AvgIpc) is 2.87. The van der Waals surface area contributed by atoms with Gasteiger partial charge in [-0.15, -0.1) is 11.6 Å². The lowest BCUT2D eigenvalue weighted by atomic mass is 10.2. The second-order valence-corrected chi connectivity index (χ2v) is 4.37. The summed E-state index contributed by atoms with van der Waals surface area (Å²) in [5.74, 6) is -0.0642. The Morgan fingerprint density at radius 2 is 2.29 bits per heavy atom. The van der Waals surface area contributed by atoms with Crippen molar-refractivity contribution in [3.8, 4) is 0 Å². The summed E-state index contributed by atoms with van der Waals surface area (Å²) in [5, 5.41) is 3.48. The van der Waals surface area contributed by atoms with E-state index in [4.69, 9.17) is 16.3 Å². The van der Waals surface area contributed by atoms with Crippen LogP contribution >= 0.6 is 11.6 Å². The maximum atomic E-state index is 12.1. The monoisotopic (exact) mass is 257 g/mol. The van der Waals surface area contributed by atoms with Crippen molar-refractivity contribution in [2.24, 2.45) is 0 Å². The minimum atomic E-state index is -0.645. The Bertz CT molecular complexity index is 388. The summed E-state index contributed by atoms with van der Waals surface area (Å²) < 4.78 is 6.96. The molecule has 5 nitrogen and oxygen atoms in total.